The lowest BCUT2D eigenvalue weighted by molar-refractivity contribution is 0.115. The molecule has 0 aliphatic carbocycles. The fourth-order valence-corrected chi connectivity index (χ4v) is 2.11. The highest BCUT2D eigenvalue weighted by atomic mass is 16.5. The number of methoxy groups -OCH3 is 1. The quantitative estimate of drug-likeness (QED) is 0.848. The largest absolute Gasteiger partial charge is 0.508 e. The number of ether oxygens (including phenoxy) is 1. The minimum absolute atomic E-state index is 0.0920. The molecule has 2 atom stereocenters. The highest BCUT2D eigenvalue weighted by Crippen LogP contribution is 2.23. The smallest absolute Gasteiger partial charge is 0.115 e. The normalized spacial score (nSPS) is 13.9. The Balaban J connectivity index is 2.22. The van der Waals surface area contributed by atoms with Crippen LogP contribution < -0.4 is 5.32 Å². The van der Waals surface area contributed by atoms with Crippen LogP contribution >= 0.6 is 0 Å². The third-order valence-corrected chi connectivity index (χ3v) is 3.37. The van der Waals surface area contributed by atoms with Crippen LogP contribution in [0, 0.1) is 0 Å². The number of hydrogen-bond donors (Lipinski definition) is 2. The molecule has 3 heteroatoms. The molecule has 0 saturated carbocycles. The molecule has 0 radical (unpaired) electrons. The zero-order valence-electron chi connectivity index (χ0n) is 11.9. The molecule has 3 nitrogen and oxygen atoms in total. The Morgan fingerprint density at radius 3 is 2.20 bits per heavy atom. The second-order valence-corrected chi connectivity index (χ2v) is 4.89. The van der Waals surface area contributed by atoms with Crippen molar-refractivity contribution in [2.24, 2.45) is 0 Å². The molecule has 2 N–H and O–H groups in total. The summed E-state index contributed by atoms with van der Waals surface area (Å²) >= 11 is 0. The van der Waals surface area contributed by atoms with Crippen molar-refractivity contribution in [3.8, 4) is 5.75 Å². The summed E-state index contributed by atoms with van der Waals surface area (Å²) in [5.41, 5.74) is 2.32. The zero-order valence-corrected chi connectivity index (χ0v) is 11.9. The first kappa shape index (κ1) is 14.6. The lowest BCUT2D eigenvalue weighted by atomic mass is 9.98. The Morgan fingerprint density at radius 1 is 1.00 bits per heavy atom. The van der Waals surface area contributed by atoms with E-state index in [1.807, 2.05) is 37.3 Å². The lowest BCUT2D eigenvalue weighted by Gasteiger charge is -2.22. The van der Waals surface area contributed by atoms with Gasteiger partial charge in [-0.05, 0) is 30.2 Å². The van der Waals surface area contributed by atoms with Crippen molar-refractivity contribution >= 4 is 0 Å². The average molecular weight is 271 g/mol. The Hall–Kier alpha value is -1.84. The first-order valence-corrected chi connectivity index (χ1v) is 6.80. The maximum atomic E-state index is 9.42. The molecule has 0 bridgehead atoms. The summed E-state index contributed by atoms with van der Waals surface area (Å²) in [4.78, 5) is 0. The van der Waals surface area contributed by atoms with E-state index in [0.717, 1.165) is 12.1 Å². The number of phenols is 1. The molecule has 0 fully saturated rings. The van der Waals surface area contributed by atoms with Gasteiger partial charge in [0, 0.05) is 13.7 Å². The third-order valence-electron chi connectivity index (χ3n) is 3.37. The Morgan fingerprint density at radius 2 is 1.60 bits per heavy atom. The molecule has 106 valence electrons. The van der Waals surface area contributed by atoms with Gasteiger partial charge in [0.1, 0.15) is 5.75 Å². The number of aromatic hydroxyl groups is 1. The van der Waals surface area contributed by atoms with E-state index in [4.69, 9.17) is 4.74 Å². The van der Waals surface area contributed by atoms with Gasteiger partial charge in [0.05, 0.1) is 12.1 Å². The summed E-state index contributed by atoms with van der Waals surface area (Å²) in [6.45, 7) is 2.79. The molecular formula is C17H21NO2. The second-order valence-electron chi connectivity index (χ2n) is 4.89. The first-order chi connectivity index (χ1) is 9.70. The van der Waals surface area contributed by atoms with Crippen molar-refractivity contribution < 1.29 is 9.84 Å². The Labute approximate surface area is 120 Å². The molecule has 20 heavy (non-hydrogen) atoms. The van der Waals surface area contributed by atoms with E-state index < -0.39 is 0 Å². The average Bonchev–Trinajstić information content (AvgIpc) is 2.50. The number of phenolic OH excluding ortho intramolecular Hbond substituents is 1. The van der Waals surface area contributed by atoms with E-state index in [1.165, 1.54) is 5.56 Å². The van der Waals surface area contributed by atoms with Crippen LogP contribution in [0.3, 0.4) is 0 Å². The zero-order chi connectivity index (χ0) is 14.4. The van der Waals surface area contributed by atoms with E-state index in [1.54, 1.807) is 19.2 Å². The molecule has 0 aliphatic rings. The lowest BCUT2D eigenvalue weighted by Crippen LogP contribution is -2.30. The Kier molecular flexibility index (Phi) is 5.16. The highest BCUT2D eigenvalue weighted by Gasteiger charge is 2.14. The molecule has 2 aromatic carbocycles. The van der Waals surface area contributed by atoms with Crippen LogP contribution in [-0.2, 0) is 4.74 Å². The van der Waals surface area contributed by atoms with Crippen molar-refractivity contribution in [1.82, 2.24) is 5.32 Å². The van der Waals surface area contributed by atoms with Crippen molar-refractivity contribution in [3.63, 3.8) is 0 Å². The maximum absolute atomic E-state index is 9.42. The van der Waals surface area contributed by atoms with Gasteiger partial charge in [-0.15, -0.1) is 0 Å². The summed E-state index contributed by atoms with van der Waals surface area (Å²) in [5, 5.41) is 12.9. The van der Waals surface area contributed by atoms with Gasteiger partial charge >= 0.3 is 0 Å². The van der Waals surface area contributed by atoms with Gasteiger partial charge in [-0.3, -0.25) is 0 Å². The number of rotatable bonds is 6. The Bertz CT molecular complexity index is 510. The predicted molar refractivity (Wildman–Crippen MR) is 80.9 cm³/mol. The fraction of sp³-hybridized carbons (Fsp3) is 0.294. The van der Waals surface area contributed by atoms with Crippen LogP contribution in [0.4, 0.5) is 0 Å². The van der Waals surface area contributed by atoms with Gasteiger partial charge in [-0.1, -0.05) is 42.5 Å². The highest BCUT2D eigenvalue weighted by molar-refractivity contribution is 5.34. The van der Waals surface area contributed by atoms with Crippen LogP contribution in [0.25, 0.3) is 0 Å². The molecule has 0 spiro atoms. The standard InChI is InChI=1S/C17H21NO2/c1-13(20-2)12-18-17(14-6-4-3-5-7-14)15-8-10-16(19)11-9-15/h3-11,13,17-19H,12H2,1-2H3. The molecule has 0 heterocycles. The van der Waals surface area contributed by atoms with Gasteiger partial charge in [0.15, 0.2) is 0 Å². The van der Waals surface area contributed by atoms with E-state index in [0.29, 0.717) is 0 Å². The topological polar surface area (TPSA) is 41.5 Å². The fourth-order valence-electron chi connectivity index (χ4n) is 2.11. The molecule has 2 rings (SSSR count). The van der Waals surface area contributed by atoms with Crippen LogP contribution in [0.2, 0.25) is 0 Å². The first-order valence-electron chi connectivity index (χ1n) is 6.80. The van der Waals surface area contributed by atoms with Gasteiger partial charge in [0.2, 0.25) is 0 Å². The number of nitrogens with one attached hydrogen (secondary N) is 1. The van der Waals surface area contributed by atoms with Gasteiger partial charge in [-0.25, -0.2) is 0 Å². The SMILES string of the molecule is COC(C)CNC(c1ccccc1)c1ccc(O)cc1. The molecule has 2 unspecified atom stereocenters. The molecule has 0 saturated heterocycles. The summed E-state index contributed by atoms with van der Waals surface area (Å²) in [6, 6.07) is 17.7. The molecule has 2 aromatic rings. The van der Waals surface area contributed by atoms with Crippen molar-refractivity contribution in [2.45, 2.75) is 19.1 Å². The van der Waals surface area contributed by atoms with Gasteiger partial charge in [-0.2, -0.15) is 0 Å². The summed E-state index contributed by atoms with van der Waals surface area (Å²) < 4.78 is 5.29. The molecule has 0 amide bonds. The molecule has 0 aromatic heterocycles. The van der Waals surface area contributed by atoms with Crippen molar-refractivity contribution in [1.29, 1.82) is 0 Å². The van der Waals surface area contributed by atoms with Crippen molar-refractivity contribution in [3.05, 3.63) is 65.7 Å². The summed E-state index contributed by atoms with van der Waals surface area (Å²) in [7, 11) is 1.71. The third kappa shape index (κ3) is 3.83. The minimum Gasteiger partial charge on any atom is -0.508 e. The van der Waals surface area contributed by atoms with E-state index in [-0.39, 0.29) is 17.9 Å². The van der Waals surface area contributed by atoms with E-state index in [9.17, 15) is 5.11 Å². The summed E-state index contributed by atoms with van der Waals surface area (Å²) in [6.07, 6.45) is 0.151. The summed E-state index contributed by atoms with van der Waals surface area (Å²) in [5.74, 6) is 0.283. The number of benzene rings is 2. The predicted octanol–water partition coefficient (Wildman–Crippen LogP) is 3.11. The molecular weight excluding hydrogens is 250 g/mol. The van der Waals surface area contributed by atoms with Crippen LogP contribution in [0.1, 0.15) is 24.1 Å². The van der Waals surface area contributed by atoms with Crippen LogP contribution in [0.5, 0.6) is 5.75 Å². The second kappa shape index (κ2) is 7.08. The van der Waals surface area contributed by atoms with E-state index >= 15 is 0 Å². The number of hydrogen-bond acceptors (Lipinski definition) is 3. The van der Waals surface area contributed by atoms with Gasteiger partial charge in [0.25, 0.3) is 0 Å². The maximum Gasteiger partial charge on any atom is 0.115 e. The molecule has 0 aliphatic heterocycles. The van der Waals surface area contributed by atoms with Gasteiger partial charge < -0.3 is 15.2 Å². The van der Waals surface area contributed by atoms with Crippen LogP contribution in [-0.4, -0.2) is 24.9 Å². The van der Waals surface area contributed by atoms with Crippen molar-refractivity contribution in [2.75, 3.05) is 13.7 Å². The van der Waals surface area contributed by atoms with E-state index in [2.05, 4.69) is 17.4 Å². The monoisotopic (exact) mass is 271 g/mol. The minimum atomic E-state index is 0.0920. The van der Waals surface area contributed by atoms with Crippen LogP contribution in [0.15, 0.2) is 54.6 Å².